The number of hydrogen-bond donors (Lipinski definition) is 2. The third-order valence-corrected chi connectivity index (χ3v) is 5.17. The molecule has 0 unspecified atom stereocenters. The minimum absolute atomic E-state index is 0.0888. The molecule has 0 aliphatic rings. The number of hydrogen-bond acceptors (Lipinski definition) is 3. The monoisotopic (exact) mass is 368 g/mol. The maximum absolute atomic E-state index is 12.4. The molecular weight excluding hydrogens is 352 g/mol. The van der Waals surface area contributed by atoms with Crippen LogP contribution in [0, 0.1) is 0 Å². The third kappa shape index (κ3) is 3.84. The molecule has 4 nitrogen and oxygen atoms in total. The highest BCUT2D eigenvalue weighted by Crippen LogP contribution is 2.23. The molecule has 0 heterocycles. The van der Waals surface area contributed by atoms with Crippen LogP contribution >= 0.6 is 15.9 Å². The second kappa shape index (κ2) is 6.60. The van der Waals surface area contributed by atoms with Gasteiger partial charge in [0.25, 0.3) is 0 Å². The summed E-state index contributed by atoms with van der Waals surface area (Å²) in [6.45, 7) is 2.29. The highest BCUT2D eigenvalue weighted by atomic mass is 79.9. The van der Waals surface area contributed by atoms with E-state index in [1.165, 1.54) is 6.07 Å². The topological polar surface area (TPSA) is 72.2 Å². The molecule has 0 aliphatic heterocycles. The van der Waals surface area contributed by atoms with E-state index < -0.39 is 10.0 Å². The van der Waals surface area contributed by atoms with Crippen LogP contribution in [0.4, 0.5) is 5.69 Å². The number of anilines is 1. The predicted octanol–water partition coefficient (Wildman–Crippen LogP) is 3.07. The fraction of sp³-hybridized carbons (Fsp3) is 0.200. The number of rotatable bonds is 5. The lowest BCUT2D eigenvalue weighted by Crippen LogP contribution is -2.24. The number of sulfonamides is 1. The smallest absolute Gasteiger partial charge is 0.242 e. The lowest BCUT2D eigenvalue weighted by Gasteiger charge is -2.11. The summed E-state index contributed by atoms with van der Waals surface area (Å²) >= 11 is 3.26. The lowest BCUT2D eigenvalue weighted by molar-refractivity contribution is 0.581. The zero-order chi connectivity index (χ0) is 15.5. The van der Waals surface area contributed by atoms with Gasteiger partial charge in [0.15, 0.2) is 0 Å². The Morgan fingerprint density at radius 2 is 1.81 bits per heavy atom. The van der Waals surface area contributed by atoms with E-state index in [2.05, 4.69) is 20.7 Å². The molecule has 0 aromatic heterocycles. The second-order valence-electron chi connectivity index (χ2n) is 4.63. The van der Waals surface area contributed by atoms with Gasteiger partial charge in [-0.25, -0.2) is 13.1 Å². The first-order valence-electron chi connectivity index (χ1n) is 6.55. The Morgan fingerprint density at radius 1 is 1.14 bits per heavy atom. The fourth-order valence-corrected chi connectivity index (χ4v) is 3.74. The normalized spacial score (nSPS) is 11.5. The van der Waals surface area contributed by atoms with Crippen LogP contribution in [0.25, 0.3) is 0 Å². The Hall–Kier alpha value is -1.37. The Labute approximate surface area is 133 Å². The molecule has 21 heavy (non-hydrogen) atoms. The van der Waals surface area contributed by atoms with Crippen molar-refractivity contribution in [1.29, 1.82) is 0 Å². The first kappa shape index (κ1) is 16.0. The average Bonchev–Trinajstić information content (AvgIpc) is 2.48. The molecule has 0 spiro atoms. The van der Waals surface area contributed by atoms with Gasteiger partial charge in [-0.3, -0.25) is 0 Å². The number of nitrogens with one attached hydrogen (secondary N) is 1. The first-order chi connectivity index (χ1) is 9.94. The number of aryl methyl sites for hydroxylation is 1. The van der Waals surface area contributed by atoms with E-state index >= 15 is 0 Å². The summed E-state index contributed by atoms with van der Waals surface area (Å²) in [5, 5.41) is 0. The van der Waals surface area contributed by atoms with Crippen molar-refractivity contribution in [1.82, 2.24) is 4.72 Å². The van der Waals surface area contributed by atoms with Gasteiger partial charge in [0, 0.05) is 11.0 Å². The van der Waals surface area contributed by atoms with Gasteiger partial charge in [0.05, 0.1) is 5.69 Å². The number of benzene rings is 2. The van der Waals surface area contributed by atoms with Crippen LogP contribution in [0.1, 0.15) is 18.1 Å². The molecule has 2 aromatic carbocycles. The standard InChI is InChI=1S/C15H17BrN2O2S/c1-2-11-5-3-4-6-12(11)10-18-21(19,20)15-9-13(16)7-8-14(15)17/h3-9,18H,2,10,17H2,1H3. The van der Waals surface area contributed by atoms with Crippen LogP contribution in [-0.4, -0.2) is 8.42 Å². The predicted molar refractivity (Wildman–Crippen MR) is 88.4 cm³/mol. The van der Waals surface area contributed by atoms with Crippen molar-refractivity contribution in [3.63, 3.8) is 0 Å². The van der Waals surface area contributed by atoms with Crippen LogP contribution < -0.4 is 10.5 Å². The average molecular weight is 369 g/mol. The van der Waals surface area contributed by atoms with Crippen LogP contribution in [0.5, 0.6) is 0 Å². The summed E-state index contributed by atoms with van der Waals surface area (Å²) in [5.41, 5.74) is 8.09. The van der Waals surface area contributed by atoms with Gasteiger partial charge in [-0.1, -0.05) is 47.1 Å². The van der Waals surface area contributed by atoms with E-state index in [1.807, 2.05) is 31.2 Å². The largest absolute Gasteiger partial charge is 0.398 e. The van der Waals surface area contributed by atoms with Crippen molar-refractivity contribution in [2.45, 2.75) is 24.8 Å². The maximum Gasteiger partial charge on any atom is 0.242 e. The molecule has 112 valence electrons. The van der Waals surface area contributed by atoms with Gasteiger partial charge < -0.3 is 5.73 Å². The molecule has 0 amide bonds. The van der Waals surface area contributed by atoms with Gasteiger partial charge in [0.1, 0.15) is 4.90 Å². The van der Waals surface area contributed by atoms with Crippen molar-refractivity contribution in [2.24, 2.45) is 0 Å². The van der Waals surface area contributed by atoms with Crippen LogP contribution in [0.2, 0.25) is 0 Å². The quantitative estimate of drug-likeness (QED) is 0.796. The Balaban J connectivity index is 2.24. The van der Waals surface area contributed by atoms with Crippen molar-refractivity contribution >= 4 is 31.6 Å². The molecular formula is C15H17BrN2O2S. The molecule has 3 N–H and O–H groups in total. The molecule has 0 saturated heterocycles. The molecule has 0 atom stereocenters. The highest BCUT2D eigenvalue weighted by molar-refractivity contribution is 9.10. The minimum Gasteiger partial charge on any atom is -0.398 e. The molecule has 0 saturated carbocycles. The highest BCUT2D eigenvalue weighted by Gasteiger charge is 2.17. The van der Waals surface area contributed by atoms with Crippen molar-refractivity contribution in [2.75, 3.05) is 5.73 Å². The second-order valence-corrected chi connectivity index (χ2v) is 7.28. The van der Waals surface area contributed by atoms with Crippen molar-refractivity contribution in [3.05, 3.63) is 58.1 Å². The van der Waals surface area contributed by atoms with Gasteiger partial charge in [-0.05, 0) is 35.7 Å². The summed E-state index contributed by atoms with van der Waals surface area (Å²) in [6, 6.07) is 12.5. The van der Waals surface area contributed by atoms with Crippen molar-refractivity contribution < 1.29 is 8.42 Å². The summed E-state index contributed by atoms with van der Waals surface area (Å²) in [4.78, 5) is 0.0888. The summed E-state index contributed by atoms with van der Waals surface area (Å²) in [5.74, 6) is 0. The molecule has 0 aliphatic carbocycles. The number of halogens is 1. The molecule has 0 bridgehead atoms. The Kier molecular flexibility index (Phi) is 5.03. The van der Waals surface area contributed by atoms with Gasteiger partial charge >= 0.3 is 0 Å². The number of nitrogens with two attached hydrogens (primary N) is 1. The van der Waals surface area contributed by atoms with Gasteiger partial charge in [-0.2, -0.15) is 0 Å². The molecule has 6 heteroatoms. The minimum atomic E-state index is -3.64. The van der Waals surface area contributed by atoms with E-state index in [1.54, 1.807) is 12.1 Å². The Morgan fingerprint density at radius 3 is 2.48 bits per heavy atom. The summed E-state index contributed by atoms with van der Waals surface area (Å²) in [6.07, 6.45) is 0.858. The number of nitrogen functional groups attached to an aromatic ring is 1. The molecule has 0 radical (unpaired) electrons. The SMILES string of the molecule is CCc1ccccc1CNS(=O)(=O)c1cc(Br)ccc1N. The Bertz CT molecular complexity index is 745. The fourth-order valence-electron chi connectivity index (χ4n) is 2.07. The van der Waals surface area contributed by atoms with E-state index in [9.17, 15) is 8.42 Å². The molecule has 2 rings (SSSR count). The van der Waals surface area contributed by atoms with E-state index in [4.69, 9.17) is 5.73 Å². The van der Waals surface area contributed by atoms with E-state index in [0.29, 0.717) is 4.47 Å². The van der Waals surface area contributed by atoms with Gasteiger partial charge in [0.2, 0.25) is 10.0 Å². The molecule has 2 aromatic rings. The van der Waals surface area contributed by atoms with Gasteiger partial charge in [-0.15, -0.1) is 0 Å². The van der Waals surface area contributed by atoms with Crippen LogP contribution in [0.15, 0.2) is 51.8 Å². The zero-order valence-electron chi connectivity index (χ0n) is 11.6. The summed E-state index contributed by atoms with van der Waals surface area (Å²) < 4.78 is 28.0. The third-order valence-electron chi connectivity index (χ3n) is 3.22. The van der Waals surface area contributed by atoms with Crippen LogP contribution in [0.3, 0.4) is 0 Å². The zero-order valence-corrected chi connectivity index (χ0v) is 14.0. The maximum atomic E-state index is 12.4. The van der Waals surface area contributed by atoms with Crippen molar-refractivity contribution in [3.8, 4) is 0 Å². The van der Waals surface area contributed by atoms with Crippen LogP contribution in [-0.2, 0) is 23.0 Å². The lowest BCUT2D eigenvalue weighted by atomic mass is 10.1. The molecule has 0 fully saturated rings. The van der Waals surface area contributed by atoms with E-state index in [-0.39, 0.29) is 17.1 Å². The van der Waals surface area contributed by atoms with E-state index in [0.717, 1.165) is 17.5 Å². The first-order valence-corrected chi connectivity index (χ1v) is 8.83. The summed E-state index contributed by atoms with van der Waals surface area (Å²) in [7, 11) is -3.64.